The molecule has 0 aliphatic carbocycles. The lowest BCUT2D eigenvalue weighted by molar-refractivity contribution is -0.141. The zero-order valence-electron chi connectivity index (χ0n) is 32.7. The molecule has 1 fully saturated rings. The summed E-state index contributed by atoms with van der Waals surface area (Å²) in [6.45, 7) is 13.0. The second-order valence-corrected chi connectivity index (χ2v) is 19.6. The normalized spacial score (nSPS) is 16.8. The molecule has 54 heavy (non-hydrogen) atoms. The summed E-state index contributed by atoms with van der Waals surface area (Å²) in [6, 6.07) is 15.7. The topological polar surface area (TPSA) is 179 Å². The quantitative estimate of drug-likeness (QED) is 0.189. The molecule has 2 aromatic rings. The number of carbonyl (C=O) groups excluding carboxylic acids is 3. The second-order valence-electron chi connectivity index (χ2n) is 16.2. The highest BCUT2D eigenvalue weighted by atomic mass is 32.2. The van der Waals surface area contributed by atoms with Gasteiger partial charge in [0.05, 0.1) is 36.4 Å². The third-order valence-electron chi connectivity index (χ3n) is 8.78. The lowest BCUT2D eigenvalue weighted by Gasteiger charge is -2.41. The highest BCUT2D eigenvalue weighted by Crippen LogP contribution is 2.55. The van der Waals surface area contributed by atoms with E-state index in [-0.39, 0.29) is 19.1 Å². The van der Waals surface area contributed by atoms with Gasteiger partial charge in [-0.05, 0) is 85.4 Å². The fourth-order valence-corrected chi connectivity index (χ4v) is 8.96. The van der Waals surface area contributed by atoms with Gasteiger partial charge in [0.2, 0.25) is 28.6 Å². The summed E-state index contributed by atoms with van der Waals surface area (Å²) in [5.74, 6) is -1.07. The Hall–Kier alpha value is -3.53. The largest absolute Gasteiger partial charge is 0.478 e. The number of alkyl carbamates (subject to hydrolysis) is 1. The van der Waals surface area contributed by atoms with Crippen molar-refractivity contribution in [3.63, 3.8) is 0 Å². The van der Waals surface area contributed by atoms with Crippen molar-refractivity contribution in [1.29, 1.82) is 0 Å². The zero-order valence-corrected chi connectivity index (χ0v) is 34.4. The Labute approximate surface area is 319 Å². The number of ether oxygens (including phenoxy) is 2. The molecule has 2 aromatic carbocycles. The van der Waals surface area contributed by atoms with Crippen molar-refractivity contribution >= 4 is 41.4 Å². The summed E-state index contributed by atoms with van der Waals surface area (Å²) in [4.78, 5) is 42.2. The van der Waals surface area contributed by atoms with E-state index >= 15 is 0 Å². The lowest BCUT2D eigenvalue weighted by Crippen LogP contribution is -2.61. The van der Waals surface area contributed by atoms with Gasteiger partial charge in [-0.15, -0.1) is 0 Å². The number of piperidine rings is 1. The minimum absolute atomic E-state index is 0.156. The van der Waals surface area contributed by atoms with E-state index in [0.717, 1.165) is 11.1 Å². The zero-order chi connectivity index (χ0) is 40.2. The van der Waals surface area contributed by atoms with Crippen molar-refractivity contribution in [2.24, 2.45) is 0 Å². The number of sulfonamides is 1. The van der Waals surface area contributed by atoms with E-state index < -0.39 is 64.8 Å². The number of phosphoric acid groups is 1. The summed E-state index contributed by atoms with van der Waals surface area (Å²) in [6.07, 6.45) is 1.17. The molecule has 17 heteroatoms. The van der Waals surface area contributed by atoms with Crippen molar-refractivity contribution < 1.29 is 50.4 Å². The van der Waals surface area contributed by atoms with E-state index in [1.165, 1.54) is 24.4 Å². The highest BCUT2D eigenvalue weighted by Gasteiger charge is 2.48. The summed E-state index contributed by atoms with van der Waals surface area (Å²) in [5.41, 5.74) is -1.38. The minimum Gasteiger partial charge on any atom is -0.422 e. The van der Waals surface area contributed by atoms with Gasteiger partial charge in [-0.2, -0.15) is 0 Å². The van der Waals surface area contributed by atoms with Crippen LogP contribution in [0.25, 0.3) is 0 Å². The molecular weight excluding hydrogens is 739 g/mol. The Bertz CT molecular complexity index is 1780. The third kappa shape index (κ3) is 11.7. The highest BCUT2D eigenvalue weighted by molar-refractivity contribution is 7.92. The molecule has 2 N–H and O–H groups in total. The van der Waals surface area contributed by atoms with E-state index in [4.69, 9.17) is 23.0 Å². The summed E-state index contributed by atoms with van der Waals surface area (Å²) in [5, 5.41) is 5.21. The number of anilines is 1. The van der Waals surface area contributed by atoms with Crippen LogP contribution in [0.2, 0.25) is 0 Å². The van der Waals surface area contributed by atoms with Crippen molar-refractivity contribution in [3.8, 4) is 0 Å². The van der Waals surface area contributed by atoms with Crippen LogP contribution in [0.3, 0.4) is 0 Å². The van der Waals surface area contributed by atoms with E-state index in [1.54, 1.807) is 52.5 Å². The molecule has 2 aliphatic rings. The minimum atomic E-state index is -4.17. The number of fused-ring (bicyclic) bond motifs is 2. The first-order valence-electron chi connectivity index (χ1n) is 17.8. The van der Waals surface area contributed by atoms with Crippen LogP contribution >= 0.6 is 7.82 Å². The molecule has 0 aromatic heterocycles. The fourth-order valence-electron chi connectivity index (χ4n) is 6.30. The van der Waals surface area contributed by atoms with Crippen molar-refractivity contribution in [2.75, 3.05) is 43.6 Å². The Balaban J connectivity index is 1.41. The van der Waals surface area contributed by atoms with Crippen LogP contribution in [0.15, 0.2) is 54.6 Å². The van der Waals surface area contributed by atoms with Crippen LogP contribution in [0.5, 0.6) is 0 Å². The number of phosphoric ester groups is 1. The third-order valence-corrected chi connectivity index (χ3v) is 11.9. The van der Waals surface area contributed by atoms with Gasteiger partial charge in [0.15, 0.2) is 0 Å². The van der Waals surface area contributed by atoms with E-state index in [1.807, 2.05) is 48.5 Å². The molecule has 4 rings (SSSR count). The first-order valence-corrected chi connectivity index (χ1v) is 21.1. The predicted molar refractivity (Wildman–Crippen MR) is 203 cm³/mol. The van der Waals surface area contributed by atoms with Gasteiger partial charge in [0.25, 0.3) is 0 Å². The molecule has 2 heterocycles. The van der Waals surface area contributed by atoms with Gasteiger partial charge < -0.3 is 25.0 Å². The summed E-state index contributed by atoms with van der Waals surface area (Å²) < 4.78 is 67.4. The standard InChI is InChI=1S/C37H55N4O11PS/c1-34(2,3)51-53(45,52-35(4,5)6)50-26-49-33(44)39-36(7,8)32(43)38-29(24-48-23-27-15-11-10-12-16-27)31(42)40-21-19-37(20-22-40)25-41(54(9,46)47)30-18-14-13-17-28(30)37/h10-18,29H,19-26H2,1-9H3,(H,38,43)(H,39,44)/t29-/m1/s1. The van der Waals surface area contributed by atoms with Crippen LogP contribution in [0.4, 0.5) is 10.5 Å². The number of nitrogens with one attached hydrogen (secondary N) is 2. The van der Waals surface area contributed by atoms with Crippen molar-refractivity contribution in [2.45, 2.75) is 103 Å². The Morgan fingerprint density at radius 2 is 1.46 bits per heavy atom. The first kappa shape index (κ1) is 43.2. The average Bonchev–Trinajstić information content (AvgIpc) is 3.37. The monoisotopic (exact) mass is 794 g/mol. The van der Waals surface area contributed by atoms with E-state index in [9.17, 15) is 27.4 Å². The maximum Gasteiger partial charge on any atom is 0.478 e. The number of hydrogen-bond donors (Lipinski definition) is 2. The van der Waals surface area contributed by atoms with Crippen LogP contribution in [0, 0.1) is 0 Å². The van der Waals surface area contributed by atoms with Crippen LogP contribution in [0.1, 0.15) is 79.4 Å². The number of carbonyl (C=O) groups is 3. The van der Waals surface area contributed by atoms with Crippen LogP contribution < -0.4 is 14.9 Å². The molecule has 0 unspecified atom stereocenters. The number of benzene rings is 2. The van der Waals surface area contributed by atoms with Crippen LogP contribution in [-0.4, -0.2) is 93.3 Å². The van der Waals surface area contributed by atoms with Gasteiger partial charge >= 0.3 is 13.9 Å². The van der Waals surface area contributed by atoms with E-state index in [0.29, 0.717) is 38.2 Å². The molecule has 3 amide bonds. The van der Waals surface area contributed by atoms with Gasteiger partial charge in [0.1, 0.15) is 11.6 Å². The number of likely N-dealkylation sites (tertiary alicyclic amines) is 1. The molecule has 15 nitrogen and oxygen atoms in total. The van der Waals surface area contributed by atoms with Crippen molar-refractivity contribution in [1.82, 2.24) is 15.5 Å². The Morgan fingerprint density at radius 3 is 2.04 bits per heavy atom. The number of hydrogen-bond acceptors (Lipinski definition) is 11. The maximum absolute atomic E-state index is 14.1. The average molecular weight is 795 g/mol. The number of nitrogens with zero attached hydrogens (tertiary/aromatic N) is 2. The molecule has 1 atom stereocenters. The van der Waals surface area contributed by atoms with Crippen LogP contribution in [-0.2, 0) is 59.2 Å². The predicted octanol–water partition coefficient (Wildman–Crippen LogP) is 5.25. The van der Waals surface area contributed by atoms with Gasteiger partial charge in [-0.3, -0.25) is 22.9 Å². The molecule has 1 spiro atoms. The number of rotatable bonds is 14. The Morgan fingerprint density at radius 1 is 0.889 bits per heavy atom. The SMILES string of the molecule is CC(C)(C)OP(=O)(OCOC(=O)NC(C)(C)C(=O)N[C@H](COCc1ccccc1)C(=O)N1CCC2(CC1)CN(S(C)(=O)=O)c1ccccc12)OC(C)(C)C. The fraction of sp³-hybridized carbons (Fsp3) is 0.595. The van der Waals surface area contributed by atoms with Crippen molar-refractivity contribution in [3.05, 3.63) is 65.7 Å². The molecule has 1 saturated heterocycles. The number of amides is 3. The molecule has 2 aliphatic heterocycles. The molecule has 300 valence electrons. The van der Waals surface area contributed by atoms with Gasteiger partial charge in [-0.1, -0.05) is 48.5 Å². The maximum atomic E-state index is 14.1. The Kier molecular flexibility index (Phi) is 13.3. The molecular formula is C37H55N4O11PS. The second kappa shape index (κ2) is 16.7. The molecule has 0 saturated carbocycles. The van der Waals surface area contributed by atoms with Gasteiger partial charge in [0, 0.05) is 25.0 Å². The molecule has 0 radical (unpaired) electrons. The molecule has 0 bridgehead atoms. The smallest absolute Gasteiger partial charge is 0.422 e. The first-order chi connectivity index (χ1) is 24.9. The summed E-state index contributed by atoms with van der Waals surface area (Å²) >= 11 is 0. The number of para-hydroxylation sites is 1. The van der Waals surface area contributed by atoms with Gasteiger partial charge in [-0.25, -0.2) is 22.3 Å². The lowest BCUT2D eigenvalue weighted by atomic mass is 9.74. The summed E-state index contributed by atoms with van der Waals surface area (Å²) in [7, 11) is -7.68. The van der Waals surface area contributed by atoms with E-state index in [2.05, 4.69) is 10.6 Å².